The van der Waals surface area contributed by atoms with Crippen LogP contribution in [-0.4, -0.2) is 38.7 Å². The molecule has 24 heavy (non-hydrogen) atoms. The van der Waals surface area contributed by atoms with Crippen molar-refractivity contribution in [3.05, 3.63) is 60.0 Å². The molecule has 4 rings (SSSR count). The van der Waals surface area contributed by atoms with Crippen LogP contribution >= 0.6 is 0 Å². The van der Waals surface area contributed by atoms with Crippen molar-refractivity contribution in [1.29, 1.82) is 0 Å². The lowest BCUT2D eigenvalue weighted by Gasteiger charge is -2.15. The number of pyridine rings is 1. The zero-order valence-corrected chi connectivity index (χ0v) is 13.7. The summed E-state index contributed by atoms with van der Waals surface area (Å²) < 4.78 is 1.67. The van der Waals surface area contributed by atoms with Gasteiger partial charge in [-0.25, -0.2) is 0 Å². The Hall–Kier alpha value is -2.69. The molecule has 0 aliphatic carbocycles. The Balaban J connectivity index is 1.43. The van der Waals surface area contributed by atoms with E-state index in [0.717, 1.165) is 31.4 Å². The smallest absolute Gasteiger partial charge is 0.274 e. The monoisotopic (exact) mass is 320 g/mol. The van der Waals surface area contributed by atoms with Crippen LogP contribution < -0.4 is 0 Å². The summed E-state index contributed by atoms with van der Waals surface area (Å²) >= 11 is 0. The lowest BCUT2D eigenvalue weighted by molar-refractivity contribution is 0.0780. The van der Waals surface area contributed by atoms with Crippen LogP contribution in [0.5, 0.6) is 0 Å². The summed E-state index contributed by atoms with van der Waals surface area (Å²) in [5.74, 6) is 0.549. The average molecular weight is 320 g/mol. The molecule has 1 saturated heterocycles. The maximum atomic E-state index is 12.5. The van der Waals surface area contributed by atoms with Gasteiger partial charge in [-0.05, 0) is 48.6 Å². The van der Waals surface area contributed by atoms with E-state index >= 15 is 0 Å². The molecular weight excluding hydrogens is 300 g/mol. The predicted molar refractivity (Wildman–Crippen MR) is 92.7 cm³/mol. The Morgan fingerprint density at radius 1 is 1.29 bits per heavy atom. The van der Waals surface area contributed by atoms with Gasteiger partial charge in [0.15, 0.2) is 0 Å². The van der Waals surface area contributed by atoms with Crippen molar-refractivity contribution in [2.45, 2.75) is 12.8 Å². The van der Waals surface area contributed by atoms with Crippen molar-refractivity contribution < 1.29 is 4.79 Å². The van der Waals surface area contributed by atoms with Crippen molar-refractivity contribution in [2.75, 3.05) is 13.1 Å². The maximum Gasteiger partial charge on any atom is 0.274 e. The molecule has 1 aliphatic heterocycles. The van der Waals surface area contributed by atoms with Gasteiger partial charge in [-0.3, -0.25) is 14.5 Å². The molecule has 3 heterocycles. The van der Waals surface area contributed by atoms with Gasteiger partial charge >= 0.3 is 0 Å². The molecular formula is C19H20N4O. The van der Waals surface area contributed by atoms with Crippen LogP contribution in [0.25, 0.3) is 10.9 Å². The summed E-state index contributed by atoms with van der Waals surface area (Å²) in [7, 11) is 1.83. The van der Waals surface area contributed by atoms with Crippen molar-refractivity contribution >= 4 is 16.8 Å². The highest BCUT2D eigenvalue weighted by Gasteiger charge is 2.28. The first-order valence-corrected chi connectivity index (χ1v) is 8.31. The zero-order chi connectivity index (χ0) is 16.5. The van der Waals surface area contributed by atoms with E-state index in [4.69, 9.17) is 0 Å². The molecule has 5 heteroatoms. The number of amides is 1. The number of hydrogen-bond donors (Lipinski definition) is 0. The van der Waals surface area contributed by atoms with Crippen LogP contribution in [0, 0.1) is 5.92 Å². The van der Waals surface area contributed by atoms with E-state index in [1.807, 2.05) is 30.4 Å². The Morgan fingerprint density at radius 3 is 3.04 bits per heavy atom. The summed E-state index contributed by atoms with van der Waals surface area (Å²) in [6.45, 7) is 1.62. The van der Waals surface area contributed by atoms with Crippen molar-refractivity contribution in [2.24, 2.45) is 13.0 Å². The van der Waals surface area contributed by atoms with E-state index in [-0.39, 0.29) is 5.91 Å². The van der Waals surface area contributed by atoms with Crippen LogP contribution in [0.4, 0.5) is 0 Å². The predicted octanol–water partition coefficient (Wildman–Crippen LogP) is 2.67. The number of nitrogens with zero attached hydrogens (tertiary/aromatic N) is 4. The van der Waals surface area contributed by atoms with E-state index in [2.05, 4.69) is 34.3 Å². The topological polar surface area (TPSA) is 51.0 Å². The number of aromatic nitrogens is 3. The zero-order valence-electron chi connectivity index (χ0n) is 13.7. The lowest BCUT2D eigenvalue weighted by atomic mass is 9.97. The summed E-state index contributed by atoms with van der Waals surface area (Å²) in [4.78, 5) is 18.8. The van der Waals surface area contributed by atoms with Crippen LogP contribution in [0.1, 0.15) is 22.5 Å². The highest BCUT2D eigenvalue weighted by Crippen LogP contribution is 2.23. The molecule has 122 valence electrons. The number of fused-ring (bicyclic) bond motifs is 1. The molecule has 1 aliphatic rings. The first-order valence-electron chi connectivity index (χ1n) is 8.31. The molecule has 0 radical (unpaired) electrons. The second-order valence-electron chi connectivity index (χ2n) is 6.52. The number of aryl methyl sites for hydroxylation is 1. The third kappa shape index (κ3) is 2.89. The molecule has 0 N–H and O–H groups in total. The first kappa shape index (κ1) is 14.9. The van der Waals surface area contributed by atoms with Crippen molar-refractivity contribution in [3.8, 4) is 0 Å². The minimum absolute atomic E-state index is 0.0424. The van der Waals surface area contributed by atoms with Gasteiger partial charge in [0.2, 0.25) is 0 Å². The van der Waals surface area contributed by atoms with E-state index in [9.17, 15) is 4.79 Å². The second-order valence-corrected chi connectivity index (χ2v) is 6.52. The Morgan fingerprint density at radius 2 is 2.21 bits per heavy atom. The number of rotatable bonds is 3. The average Bonchev–Trinajstić information content (AvgIpc) is 3.23. The number of benzene rings is 1. The normalized spacial score (nSPS) is 17.5. The van der Waals surface area contributed by atoms with E-state index in [1.54, 1.807) is 10.7 Å². The Labute approximate surface area is 140 Å². The minimum atomic E-state index is 0.0424. The fraction of sp³-hybridized carbons (Fsp3) is 0.316. The standard InChI is InChI=1S/C19H20N4O/c1-22-9-7-18(21-22)19(24)23-10-6-15(13-23)11-14-4-5-17-16(12-14)3-2-8-20-17/h2-5,7-9,12,15H,6,10-11,13H2,1H3. The third-order valence-corrected chi connectivity index (χ3v) is 4.70. The molecule has 0 spiro atoms. The fourth-order valence-electron chi connectivity index (χ4n) is 3.46. The minimum Gasteiger partial charge on any atom is -0.337 e. The van der Waals surface area contributed by atoms with Crippen molar-refractivity contribution in [3.63, 3.8) is 0 Å². The van der Waals surface area contributed by atoms with Gasteiger partial charge in [0.1, 0.15) is 5.69 Å². The van der Waals surface area contributed by atoms with E-state index in [1.165, 1.54) is 10.9 Å². The molecule has 1 unspecified atom stereocenters. The van der Waals surface area contributed by atoms with Gasteiger partial charge in [0.25, 0.3) is 5.91 Å². The van der Waals surface area contributed by atoms with Crippen molar-refractivity contribution in [1.82, 2.24) is 19.7 Å². The van der Waals surface area contributed by atoms with Crippen LogP contribution in [0.2, 0.25) is 0 Å². The van der Waals surface area contributed by atoms with Crippen LogP contribution in [0.15, 0.2) is 48.8 Å². The second kappa shape index (κ2) is 6.07. The van der Waals surface area contributed by atoms with Gasteiger partial charge < -0.3 is 4.90 Å². The third-order valence-electron chi connectivity index (χ3n) is 4.70. The number of carbonyl (C=O) groups excluding carboxylic acids is 1. The fourth-order valence-corrected chi connectivity index (χ4v) is 3.46. The van der Waals surface area contributed by atoms with Gasteiger partial charge in [-0.15, -0.1) is 0 Å². The van der Waals surface area contributed by atoms with Crippen LogP contribution in [0.3, 0.4) is 0 Å². The lowest BCUT2D eigenvalue weighted by Crippen LogP contribution is -2.29. The van der Waals surface area contributed by atoms with E-state index < -0.39 is 0 Å². The molecule has 0 saturated carbocycles. The summed E-state index contributed by atoms with van der Waals surface area (Å²) in [5.41, 5.74) is 2.88. The van der Waals surface area contributed by atoms with E-state index in [0.29, 0.717) is 11.6 Å². The summed E-state index contributed by atoms with van der Waals surface area (Å²) in [6.07, 6.45) is 5.67. The SMILES string of the molecule is Cn1ccc(C(=O)N2CCC(Cc3ccc4ncccc4c3)C2)n1. The largest absolute Gasteiger partial charge is 0.337 e. The molecule has 1 atom stereocenters. The molecule has 1 amide bonds. The summed E-state index contributed by atoms with van der Waals surface area (Å²) in [6, 6.07) is 12.3. The number of likely N-dealkylation sites (tertiary alicyclic amines) is 1. The quantitative estimate of drug-likeness (QED) is 0.745. The molecule has 5 nitrogen and oxygen atoms in total. The Kier molecular flexibility index (Phi) is 3.76. The first-order chi connectivity index (χ1) is 11.7. The maximum absolute atomic E-state index is 12.5. The highest BCUT2D eigenvalue weighted by atomic mass is 16.2. The molecule has 3 aromatic rings. The van der Waals surface area contributed by atoms with Gasteiger partial charge in [-0.2, -0.15) is 5.10 Å². The molecule has 1 aromatic carbocycles. The van der Waals surface area contributed by atoms with Crippen LogP contribution in [-0.2, 0) is 13.5 Å². The van der Waals surface area contributed by atoms with Gasteiger partial charge in [0, 0.05) is 37.9 Å². The highest BCUT2D eigenvalue weighted by molar-refractivity contribution is 5.92. The number of carbonyl (C=O) groups is 1. The Bertz CT molecular complexity index is 886. The molecule has 0 bridgehead atoms. The van der Waals surface area contributed by atoms with Gasteiger partial charge in [-0.1, -0.05) is 12.1 Å². The summed E-state index contributed by atoms with van der Waals surface area (Å²) in [5, 5.41) is 5.39. The number of hydrogen-bond acceptors (Lipinski definition) is 3. The molecule has 1 fully saturated rings. The van der Waals surface area contributed by atoms with Gasteiger partial charge in [0.05, 0.1) is 5.52 Å². The molecule has 2 aromatic heterocycles.